The van der Waals surface area contributed by atoms with Crippen molar-refractivity contribution in [1.82, 2.24) is 5.06 Å². The molecule has 0 aromatic heterocycles. The first kappa shape index (κ1) is 111. The number of aliphatic carboxylic acids is 1. The number of carbonyl (C=O) groups is 10. The van der Waals surface area contributed by atoms with Gasteiger partial charge in [0.1, 0.15) is 41.0 Å². The molecule has 147 heavy (non-hydrogen) atoms. The number of esters is 4. The molecule has 29 heteroatoms. The molecule has 3 heterocycles. The van der Waals surface area contributed by atoms with Gasteiger partial charge in [-0.15, -0.1) is 5.06 Å². The number of hydrogen-bond acceptors (Lipinski definition) is 19. The van der Waals surface area contributed by atoms with Gasteiger partial charge in [-0.3, -0.25) is 28.8 Å². The summed E-state index contributed by atoms with van der Waals surface area (Å²) in [7, 11) is 0. The van der Waals surface area contributed by atoms with E-state index in [0.29, 0.717) is 50.4 Å². The number of fused-ring (bicyclic) bond motifs is 3. The number of ether oxygens (including phenoxy) is 4. The predicted octanol–water partition coefficient (Wildman–Crippen LogP) is 27.3. The van der Waals surface area contributed by atoms with Crippen LogP contribution in [0.2, 0.25) is 0 Å². The second-order valence-corrected chi connectivity index (χ2v) is 35.2. The number of benzene rings is 14. The van der Waals surface area contributed by atoms with Gasteiger partial charge in [0.25, 0.3) is 29.2 Å². The lowest BCUT2D eigenvalue weighted by molar-refractivity contribution is -0.138. The number of hydrogen-bond donors (Lipinski definition) is 1. The van der Waals surface area contributed by atoms with Gasteiger partial charge in [0.15, 0.2) is 23.6 Å². The molecule has 21 nitrogen and oxygen atoms in total. The number of amides is 2. The molecule has 3 aliphatic rings. The van der Waals surface area contributed by atoms with Gasteiger partial charge in [-0.05, 0) is 309 Å². The van der Waals surface area contributed by atoms with Gasteiger partial charge in [-0.1, -0.05) is 233 Å². The summed E-state index contributed by atoms with van der Waals surface area (Å²) in [5.74, 6) is -9.59. The molecule has 3 aliphatic heterocycles. The van der Waals surface area contributed by atoms with Crippen LogP contribution in [0.1, 0.15) is 201 Å². The molecule has 17 rings (SSSR count). The van der Waals surface area contributed by atoms with Gasteiger partial charge >= 0.3 is 29.8 Å². The van der Waals surface area contributed by atoms with E-state index < -0.39 is 70.9 Å². The van der Waals surface area contributed by atoms with Crippen molar-refractivity contribution in [3.05, 3.63) is 427 Å². The summed E-state index contributed by atoms with van der Waals surface area (Å²) in [6, 6.07) is 86.0. The number of halogens is 8. The third kappa shape index (κ3) is 29.7. The number of carboxylic acids is 1. The Bertz CT molecular complexity index is 7080. The van der Waals surface area contributed by atoms with E-state index in [-0.39, 0.29) is 106 Å². The number of aryl methyl sites for hydroxylation is 3. The molecule has 0 fully saturated rings. The van der Waals surface area contributed by atoms with E-state index in [1.54, 1.807) is 163 Å². The summed E-state index contributed by atoms with van der Waals surface area (Å²) < 4.78 is 98.7. The summed E-state index contributed by atoms with van der Waals surface area (Å²) in [5, 5.41) is 17.3. The quantitative estimate of drug-likeness (QED) is 0.0106. The van der Waals surface area contributed by atoms with E-state index in [0.717, 1.165) is 85.2 Å². The molecule has 0 radical (unpaired) electrons. The van der Waals surface area contributed by atoms with Crippen LogP contribution in [0.5, 0.6) is 0 Å². The van der Waals surface area contributed by atoms with E-state index in [9.17, 15) is 74.3 Å². The van der Waals surface area contributed by atoms with Gasteiger partial charge in [0.05, 0.1) is 37.6 Å². The van der Waals surface area contributed by atoms with Crippen molar-refractivity contribution in [2.45, 2.75) is 119 Å². The van der Waals surface area contributed by atoms with Gasteiger partial charge in [-0.25, -0.2) is 50.3 Å². The van der Waals surface area contributed by atoms with E-state index in [2.05, 4.69) is 86.4 Å². The zero-order valence-electron chi connectivity index (χ0n) is 82.0. The number of rotatable bonds is 25. The van der Waals surface area contributed by atoms with Crippen LogP contribution in [0.15, 0.2) is 324 Å². The van der Waals surface area contributed by atoms with E-state index in [1.165, 1.54) is 107 Å². The predicted molar refractivity (Wildman–Crippen MR) is 556 cm³/mol. The number of ketones is 3. The summed E-state index contributed by atoms with van der Waals surface area (Å²) in [5.41, 5.74) is 18.8. The third-order valence-electron chi connectivity index (χ3n) is 23.1. The number of Topliss-reactive ketones (excluding diaryl/α,β-unsaturated/α-hetero) is 3. The first-order valence-corrected chi connectivity index (χ1v) is 48.7. The molecule has 14 aromatic rings. The topological polar surface area (TPSA) is 284 Å². The maximum atomic E-state index is 13.4. The Morgan fingerprint density at radius 3 is 1.03 bits per heavy atom. The van der Waals surface area contributed by atoms with Gasteiger partial charge < -0.3 is 33.7 Å². The summed E-state index contributed by atoms with van der Waals surface area (Å²) in [4.78, 5) is 137. The number of carbonyl (C=O) groups excluding carboxylic acids is 9. The van der Waals surface area contributed by atoms with E-state index >= 15 is 0 Å². The van der Waals surface area contributed by atoms with Crippen LogP contribution in [-0.2, 0) is 76.7 Å². The minimum absolute atomic E-state index is 0.00780. The number of nitrogens with zero attached hydrogens (tertiary/aromatic N) is 3. The van der Waals surface area contributed by atoms with Crippen LogP contribution in [0.25, 0.3) is 66.8 Å². The Hall–Kier alpha value is -16.0. The molecule has 0 saturated carbocycles. The molecule has 1 N–H and O–H groups in total. The number of carboxylic acid groups (broad SMARTS) is 1. The summed E-state index contributed by atoms with van der Waals surface area (Å²) in [6.07, 6.45) is 1.16. The molecule has 0 saturated heterocycles. The fourth-order valence-corrected chi connectivity index (χ4v) is 16.2. The minimum atomic E-state index is -1.13. The molecule has 4 unspecified atom stereocenters. The second-order valence-electron chi connectivity index (χ2n) is 32.9. The number of hydroxylamine groups is 2. The normalized spacial score (nSPS) is 13.1. The zero-order chi connectivity index (χ0) is 106. The fraction of sp³-hybridized carbons (Fsp3) is 0.186. The smallest absolute Gasteiger partial charge is 0.379 e. The fourth-order valence-electron chi connectivity index (χ4n) is 15.4. The third-order valence-corrected chi connectivity index (χ3v) is 24.0. The number of imide groups is 1. The number of alkyl halides is 1. The first-order chi connectivity index (χ1) is 70.6. The average molecular weight is 2120 g/mol. The SMILES string of the molecule is CC1ON=C(C(=O)O)c2ccc(-c3ccc(F)cc3)cc21.CCOC(=O)C(=O)c1ccc(-c2ccc(F)cc2)cc1C(C)Br.CCOC(=O)C(=O)c1ccc(-c2ccc(F)cc2)cc1C(C)ON1C(=O)c2ccccc2C1=O.CCOC(=O)C(=O)c1ccc(-c2ccc(F)cc2)cc1CC.CCOC(=O)C1=NOC(C)c2cc(-c3ccc(F)cc3)ccc21.CCc1cccc(-c2ccc(F)cc2)c1.CCc1cccc(Br)c1. The van der Waals surface area contributed by atoms with E-state index in [1.807, 2.05) is 87.5 Å². The van der Waals surface area contributed by atoms with Crippen molar-refractivity contribution in [1.29, 1.82) is 0 Å². The highest BCUT2D eigenvalue weighted by atomic mass is 79.9. The van der Waals surface area contributed by atoms with Crippen molar-refractivity contribution in [3.63, 3.8) is 0 Å². The second kappa shape index (κ2) is 53.6. The van der Waals surface area contributed by atoms with Crippen molar-refractivity contribution in [3.8, 4) is 66.8 Å². The number of oxime groups is 2. The Kier molecular flexibility index (Phi) is 40.6. The van der Waals surface area contributed by atoms with Gasteiger partial charge in [0.2, 0.25) is 0 Å². The van der Waals surface area contributed by atoms with Gasteiger partial charge in [-0.2, -0.15) is 0 Å². The maximum Gasteiger partial charge on any atom is 0.379 e. The first-order valence-electron chi connectivity index (χ1n) is 47.0. The molecule has 0 bridgehead atoms. The lowest BCUT2D eigenvalue weighted by Crippen LogP contribution is -2.31. The monoisotopic (exact) mass is 2120 g/mol. The van der Waals surface area contributed by atoms with Crippen LogP contribution in [0, 0.1) is 34.9 Å². The molecule has 14 aromatic carbocycles. The van der Waals surface area contributed by atoms with Crippen LogP contribution < -0.4 is 0 Å². The maximum absolute atomic E-state index is 13.4. The molecule has 0 aliphatic carbocycles. The molecular formula is C118H103Br2F6N3O18. The zero-order valence-corrected chi connectivity index (χ0v) is 85.1. The largest absolute Gasteiger partial charge is 0.476 e. The van der Waals surface area contributed by atoms with Crippen molar-refractivity contribution >= 4 is 102 Å². The van der Waals surface area contributed by atoms with Crippen molar-refractivity contribution < 1.29 is 113 Å². The highest BCUT2D eigenvalue weighted by molar-refractivity contribution is 9.10. The highest BCUT2D eigenvalue weighted by Gasteiger charge is 2.39. The Morgan fingerprint density at radius 1 is 0.354 bits per heavy atom. The summed E-state index contributed by atoms with van der Waals surface area (Å²) >= 11 is 6.85. The van der Waals surface area contributed by atoms with Crippen molar-refractivity contribution in [2.75, 3.05) is 26.4 Å². The molecular weight excluding hydrogens is 2020 g/mol. The molecule has 2 amide bonds. The van der Waals surface area contributed by atoms with Crippen LogP contribution in [0.3, 0.4) is 0 Å². The lowest BCUT2D eigenvalue weighted by Gasteiger charge is -2.22. The Balaban J connectivity index is 0.000000167. The average Bonchev–Trinajstić information content (AvgIpc) is 1.45. The van der Waals surface area contributed by atoms with Crippen LogP contribution in [-0.4, -0.2) is 107 Å². The molecule has 754 valence electrons. The minimum Gasteiger partial charge on any atom is -0.476 e. The molecule has 0 spiro atoms. The van der Waals surface area contributed by atoms with Crippen LogP contribution in [0.4, 0.5) is 26.3 Å². The van der Waals surface area contributed by atoms with Gasteiger partial charge in [0, 0.05) is 48.2 Å². The summed E-state index contributed by atoms with van der Waals surface area (Å²) in [6.45, 7) is 20.5. The van der Waals surface area contributed by atoms with Crippen molar-refractivity contribution in [2.24, 2.45) is 10.3 Å². The molecule has 4 atom stereocenters. The van der Waals surface area contributed by atoms with Crippen LogP contribution >= 0.6 is 31.9 Å². The standard InChI is InChI=1S/C26H20FNO6.C18H16BrFO3.C18H16FNO3.C18H17FO3.C16H12FNO3.C14H13F.C8H9Br/c1-3-33-26(32)23(29)19-13-10-17(16-8-11-18(27)12-9-16)14-22(19)15(2)34-28-24(30)20-6-4-5-7-21(20)25(28)31;1-3-23-18(22)17(21)15-9-6-13(10-16(15)11(2)19)12-4-7-14(20)8-5-12;1-3-22-18(21)17-15-9-6-13(10-16(15)11(2)23-20-17)12-4-7-14(19)8-5-12;1-3-12-11-14(13-5-8-15(19)9-6-13)7-10-16(12)17(20)18(21)22-4-2;1-9-14-8-11(10-2-5-12(17)6-3-10)4-7-13(14)15(16(19)20)18-21-9;1-2-11-4-3-5-13(10-11)12-6-8-14(15)9-7-12;1-2-7-4-3-5-8(9)6-7/h4-15H,3H2,1-2H3;2*4-11H,3H2,1-2H3;5-11H,3-4H2,1-2H3;2-9H,1H3,(H,19,20);3-10H,2H2,1H3;3-6H,2H2,1H3. The highest BCUT2D eigenvalue weighted by Crippen LogP contribution is 2.39. The Morgan fingerprint density at radius 2 is 0.673 bits per heavy atom. The lowest BCUT2D eigenvalue weighted by atomic mass is 9.93. The Labute approximate surface area is 863 Å². The van der Waals surface area contributed by atoms with E-state index in [4.69, 9.17) is 38.6 Å².